The van der Waals surface area contributed by atoms with E-state index in [1.54, 1.807) is 4.90 Å². The molecule has 3 saturated heterocycles. The number of thioether (sulfide) groups is 1. The summed E-state index contributed by atoms with van der Waals surface area (Å²) in [6.07, 6.45) is 5.39. The number of amides is 2. The molecule has 1 aliphatic carbocycles. The fourth-order valence-electron chi connectivity index (χ4n) is 5.07. The first-order valence-corrected chi connectivity index (χ1v) is 10.2. The van der Waals surface area contributed by atoms with E-state index >= 15 is 0 Å². The van der Waals surface area contributed by atoms with Crippen molar-refractivity contribution in [1.82, 2.24) is 10.2 Å². The monoisotopic (exact) mass is 354 g/mol. The summed E-state index contributed by atoms with van der Waals surface area (Å²) in [6, 6.07) is 0.0592. The number of carbonyl (C=O) groups excluding carboxylic acids is 1. The van der Waals surface area contributed by atoms with Crippen LogP contribution < -0.4 is 5.32 Å². The first-order valence-electron chi connectivity index (χ1n) is 9.04. The lowest BCUT2D eigenvalue weighted by Crippen LogP contribution is -2.52. The van der Waals surface area contributed by atoms with Crippen LogP contribution in [0.15, 0.2) is 0 Å². The molecule has 6 nitrogen and oxygen atoms in total. The maximum atomic E-state index is 12.7. The molecule has 0 radical (unpaired) electrons. The van der Waals surface area contributed by atoms with Gasteiger partial charge in [0, 0.05) is 31.5 Å². The summed E-state index contributed by atoms with van der Waals surface area (Å²) in [5, 5.41) is 12.8. The second-order valence-corrected chi connectivity index (χ2v) is 9.01. The maximum absolute atomic E-state index is 12.7. The Balaban J connectivity index is 1.38. The highest BCUT2D eigenvalue weighted by atomic mass is 32.2. The number of fused-ring (bicyclic) bond motifs is 1. The van der Waals surface area contributed by atoms with Crippen LogP contribution in [-0.4, -0.2) is 64.9 Å². The number of carboxylic acids is 1. The lowest BCUT2D eigenvalue weighted by molar-refractivity contribution is -0.149. The van der Waals surface area contributed by atoms with Crippen molar-refractivity contribution in [2.45, 2.75) is 50.2 Å². The van der Waals surface area contributed by atoms with E-state index in [9.17, 15) is 14.7 Å². The van der Waals surface area contributed by atoms with Gasteiger partial charge in [-0.1, -0.05) is 6.42 Å². The van der Waals surface area contributed by atoms with Crippen LogP contribution >= 0.6 is 11.8 Å². The first kappa shape index (κ1) is 16.5. The third kappa shape index (κ3) is 2.69. The zero-order chi connectivity index (χ0) is 16.8. The van der Waals surface area contributed by atoms with Gasteiger partial charge in [0.15, 0.2) is 0 Å². The molecule has 4 rings (SSSR count). The molecule has 3 aliphatic heterocycles. The molecule has 2 N–H and O–H groups in total. The van der Waals surface area contributed by atoms with Crippen molar-refractivity contribution in [3.63, 3.8) is 0 Å². The Morgan fingerprint density at radius 2 is 2.17 bits per heavy atom. The average Bonchev–Trinajstić information content (AvgIpc) is 3.21. The average molecular weight is 354 g/mol. The van der Waals surface area contributed by atoms with Crippen LogP contribution in [0, 0.1) is 11.3 Å². The second-order valence-electron chi connectivity index (χ2n) is 7.90. The molecular formula is C17H26N2O4S. The molecule has 7 heteroatoms. The van der Waals surface area contributed by atoms with Crippen molar-refractivity contribution in [2.75, 3.05) is 31.2 Å². The number of ether oxygens (including phenoxy) is 1. The molecule has 4 aliphatic rings. The Bertz CT molecular complexity index is 537. The minimum atomic E-state index is -0.728. The van der Waals surface area contributed by atoms with Gasteiger partial charge in [0.25, 0.3) is 0 Å². The van der Waals surface area contributed by atoms with Crippen LogP contribution in [-0.2, 0) is 9.53 Å². The Labute approximate surface area is 146 Å². The Morgan fingerprint density at radius 3 is 2.88 bits per heavy atom. The van der Waals surface area contributed by atoms with Crippen LogP contribution in [0.25, 0.3) is 0 Å². The van der Waals surface area contributed by atoms with Gasteiger partial charge >= 0.3 is 12.0 Å². The number of carboxylic acid groups (broad SMARTS) is 1. The molecule has 4 fully saturated rings. The van der Waals surface area contributed by atoms with Crippen LogP contribution in [0.2, 0.25) is 0 Å². The highest BCUT2D eigenvalue weighted by Gasteiger charge is 2.56. The van der Waals surface area contributed by atoms with Gasteiger partial charge < -0.3 is 20.1 Å². The van der Waals surface area contributed by atoms with Crippen LogP contribution in [0.4, 0.5) is 4.79 Å². The molecule has 4 atom stereocenters. The summed E-state index contributed by atoms with van der Waals surface area (Å²) in [7, 11) is 0. The van der Waals surface area contributed by atoms with Gasteiger partial charge in [0.05, 0.1) is 11.0 Å². The Morgan fingerprint density at radius 1 is 1.29 bits per heavy atom. The molecule has 0 aromatic carbocycles. The van der Waals surface area contributed by atoms with Gasteiger partial charge in [-0.05, 0) is 43.8 Å². The van der Waals surface area contributed by atoms with E-state index in [0.29, 0.717) is 26.1 Å². The first-order chi connectivity index (χ1) is 11.5. The standard InChI is InChI=1S/C17H26N2O4S/c20-14(21)17-4-1-2-12(17)9-19(10-17)15(22)18-13-3-6-23-16(8-13)5-7-24-11-16/h12-13H,1-11H2,(H,18,22)(H,20,21)/t12-,13?,16?,17+/m0/s1. The molecule has 2 amide bonds. The number of rotatable bonds is 2. The number of nitrogens with zero attached hydrogens (tertiary/aromatic N) is 1. The van der Waals surface area contributed by atoms with Gasteiger partial charge in [-0.2, -0.15) is 11.8 Å². The van der Waals surface area contributed by atoms with E-state index < -0.39 is 11.4 Å². The largest absolute Gasteiger partial charge is 0.481 e. The number of urea groups is 1. The summed E-state index contributed by atoms with van der Waals surface area (Å²) >= 11 is 1.93. The minimum Gasteiger partial charge on any atom is -0.481 e. The topological polar surface area (TPSA) is 78.9 Å². The van der Waals surface area contributed by atoms with E-state index in [1.807, 2.05) is 11.8 Å². The Kier molecular flexibility index (Phi) is 4.19. The van der Waals surface area contributed by atoms with Gasteiger partial charge in [0.1, 0.15) is 0 Å². The number of hydrogen-bond donors (Lipinski definition) is 2. The van der Waals surface area contributed by atoms with Crippen LogP contribution in [0.3, 0.4) is 0 Å². The molecule has 134 valence electrons. The lowest BCUT2D eigenvalue weighted by Gasteiger charge is -2.38. The molecular weight excluding hydrogens is 328 g/mol. The molecule has 2 unspecified atom stereocenters. The maximum Gasteiger partial charge on any atom is 0.317 e. The van der Waals surface area contributed by atoms with Gasteiger partial charge in [-0.15, -0.1) is 0 Å². The van der Waals surface area contributed by atoms with Gasteiger partial charge in [0.2, 0.25) is 0 Å². The smallest absolute Gasteiger partial charge is 0.317 e. The van der Waals surface area contributed by atoms with Crippen molar-refractivity contribution in [1.29, 1.82) is 0 Å². The summed E-state index contributed by atoms with van der Waals surface area (Å²) in [5.41, 5.74) is -0.749. The zero-order valence-corrected chi connectivity index (χ0v) is 14.8. The SMILES string of the molecule is O=C(NC1CCOC2(CCSC2)C1)N1C[C@@H]2CCC[C@@]2(C(=O)O)C1. The predicted molar refractivity (Wildman–Crippen MR) is 91.2 cm³/mol. The molecule has 0 aromatic rings. The van der Waals surface area contributed by atoms with Gasteiger partial charge in [-0.3, -0.25) is 4.79 Å². The molecule has 24 heavy (non-hydrogen) atoms. The van der Waals surface area contributed by atoms with Crippen molar-refractivity contribution < 1.29 is 19.4 Å². The highest BCUT2D eigenvalue weighted by Crippen LogP contribution is 2.49. The molecule has 0 aromatic heterocycles. The van der Waals surface area contributed by atoms with Gasteiger partial charge in [-0.25, -0.2) is 4.79 Å². The van der Waals surface area contributed by atoms with Crippen LogP contribution in [0.5, 0.6) is 0 Å². The minimum absolute atomic E-state index is 0.0509. The number of hydrogen-bond acceptors (Lipinski definition) is 4. The van der Waals surface area contributed by atoms with Crippen molar-refractivity contribution in [2.24, 2.45) is 11.3 Å². The third-order valence-electron chi connectivity index (χ3n) is 6.47. The van der Waals surface area contributed by atoms with E-state index in [0.717, 1.165) is 43.6 Å². The predicted octanol–water partition coefficient (Wildman–Crippen LogP) is 1.94. The molecule has 3 heterocycles. The highest BCUT2D eigenvalue weighted by molar-refractivity contribution is 7.99. The second kappa shape index (κ2) is 6.09. The van der Waals surface area contributed by atoms with E-state index in [4.69, 9.17) is 4.74 Å². The quantitative estimate of drug-likeness (QED) is 0.792. The third-order valence-corrected chi connectivity index (χ3v) is 7.69. The van der Waals surface area contributed by atoms with Crippen molar-refractivity contribution in [3.8, 4) is 0 Å². The number of nitrogens with one attached hydrogen (secondary N) is 1. The number of carbonyl (C=O) groups is 2. The zero-order valence-electron chi connectivity index (χ0n) is 14.0. The van der Waals surface area contributed by atoms with E-state index in [-0.39, 0.29) is 23.6 Å². The summed E-state index contributed by atoms with van der Waals surface area (Å²) in [5.74, 6) is 1.55. The summed E-state index contributed by atoms with van der Waals surface area (Å²) in [4.78, 5) is 26.2. The fraction of sp³-hybridized carbons (Fsp3) is 0.882. The lowest BCUT2D eigenvalue weighted by atomic mass is 9.81. The van der Waals surface area contributed by atoms with E-state index in [2.05, 4.69) is 5.32 Å². The molecule has 1 saturated carbocycles. The molecule has 0 bridgehead atoms. The summed E-state index contributed by atoms with van der Waals surface area (Å²) < 4.78 is 6.01. The summed E-state index contributed by atoms with van der Waals surface area (Å²) in [6.45, 7) is 1.65. The van der Waals surface area contributed by atoms with E-state index in [1.165, 1.54) is 0 Å². The molecule has 1 spiro atoms. The van der Waals surface area contributed by atoms with Crippen LogP contribution in [0.1, 0.15) is 38.5 Å². The Hall–Kier alpha value is -0.950. The fourth-order valence-corrected chi connectivity index (χ4v) is 6.45. The van der Waals surface area contributed by atoms with Crippen molar-refractivity contribution >= 4 is 23.8 Å². The van der Waals surface area contributed by atoms with Crippen molar-refractivity contribution in [3.05, 3.63) is 0 Å². The normalized spacial score (nSPS) is 41.6. The number of aliphatic carboxylic acids is 1. The number of likely N-dealkylation sites (tertiary alicyclic amines) is 1.